The van der Waals surface area contributed by atoms with Crippen molar-refractivity contribution in [2.75, 3.05) is 18.1 Å². The smallest absolute Gasteiger partial charge is 0.276 e. The number of hydrogen-bond donors (Lipinski definition) is 3. The summed E-state index contributed by atoms with van der Waals surface area (Å²) < 4.78 is 1.90. The SMILES string of the molecule is CCO/N=C(\C(=O)N[C@@H]1C(=O)N2C(C(=O)[O-])=C(/C=C/C[n+]3cccc4cc(C(=O)NC#N)ccc43)CS[C@H]12)c1csc(N)n1. The molecule has 0 bridgehead atoms. The quantitative estimate of drug-likeness (QED) is 0.0669. The summed E-state index contributed by atoms with van der Waals surface area (Å²) in [4.78, 5) is 60.6. The molecule has 3 aromatic rings. The van der Waals surface area contributed by atoms with E-state index >= 15 is 0 Å². The summed E-state index contributed by atoms with van der Waals surface area (Å²) in [6.07, 6.45) is 6.83. The summed E-state index contributed by atoms with van der Waals surface area (Å²) in [5.74, 6) is -3.08. The zero-order valence-electron chi connectivity index (χ0n) is 23.1. The Hall–Kier alpha value is -5.27. The number of carboxylic acids is 1. The van der Waals surface area contributed by atoms with Gasteiger partial charge in [-0.15, -0.1) is 23.1 Å². The second-order valence-electron chi connectivity index (χ2n) is 9.35. The number of carboxylic acid groups (broad SMARTS) is 1. The van der Waals surface area contributed by atoms with Gasteiger partial charge in [0.2, 0.25) is 5.52 Å². The number of rotatable bonds is 10. The number of nitriles is 1. The molecule has 1 saturated heterocycles. The van der Waals surface area contributed by atoms with Crippen LogP contribution in [0.5, 0.6) is 0 Å². The Morgan fingerprint density at radius 3 is 2.89 bits per heavy atom. The standard InChI is InChI=1S/C28H24N8O6S2/c1-2-42-34-20(18-13-44-28(30)32-18)24(38)33-21-25(39)36-22(27(40)41)17(12-43-26(21)36)6-4-10-35-9-3-5-15-11-16(7-8-19(15)35)23(37)31-14-29/h3-9,11,13,21,26H,2,10,12H2,1H3,(H4-,30,31,32,33,37,38,40,41)/b6-4+,34-20-/t21-,26-/m1/s1. The number of hydrogen-bond acceptors (Lipinski definition) is 12. The number of thiazole rings is 1. The predicted molar refractivity (Wildman–Crippen MR) is 158 cm³/mol. The highest BCUT2D eigenvalue weighted by Gasteiger charge is 2.53. The van der Waals surface area contributed by atoms with Crippen LogP contribution < -0.4 is 26.0 Å². The van der Waals surface area contributed by atoms with Gasteiger partial charge in [-0.3, -0.25) is 24.6 Å². The highest BCUT2D eigenvalue weighted by atomic mass is 32.2. The Balaban J connectivity index is 1.31. The Bertz CT molecular complexity index is 1810. The number of amides is 3. The average molecular weight is 633 g/mol. The van der Waals surface area contributed by atoms with Gasteiger partial charge in [0.25, 0.3) is 17.7 Å². The maximum Gasteiger partial charge on any atom is 0.276 e. The highest BCUT2D eigenvalue weighted by molar-refractivity contribution is 8.00. The molecule has 0 radical (unpaired) electrons. The van der Waals surface area contributed by atoms with Crippen LogP contribution in [0.25, 0.3) is 10.9 Å². The van der Waals surface area contributed by atoms with E-state index in [0.29, 0.717) is 17.7 Å². The summed E-state index contributed by atoms with van der Waals surface area (Å²) in [5, 5.41) is 31.3. The van der Waals surface area contributed by atoms with Crippen molar-refractivity contribution in [1.29, 1.82) is 5.26 Å². The van der Waals surface area contributed by atoms with E-state index in [2.05, 4.69) is 20.8 Å². The number of nitrogen functional groups attached to an aromatic ring is 1. The van der Waals surface area contributed by atoms with Crippen LogP contribution in [0.3, 0.4) is 0 Å². The third kappa shape index (κ3) is 5.96. The zero-order valence-corrected chi connectivity index (χ0v) is 24.7. The molecule has 4 heterocycles. The zero-order chi connectivity index (χ0) is 31.4. The largest absolute Gasteiger partial charge is 0.543 e. The van der Waals surface area contributed by atoms with Crippen molar-refractivity contribution in [2.45, 2.75) is 24.9 Å². The lowest BCUT2D eigenvalue weighted by Gasteiger charge is -2.50. The van der Waals surface area contributed by atoms with Crippen LogP contribution in [0.15, 0.2) is 70.5 Å². The second-order valence-corrected chi connectivity index (χ2v) is 11.3. The lowest BCUT2D eigenvalue weighted by molar-refractivity contribution is -0.661. The van der Waals surface area contributed by atoms with Crippen molar-refractivity contribution in [3.63, 3.8) is 0 Å². The minimum Gasteiger partial charge on any atom is -0.543 e. The molecule has 0 aliphatic carbocycles. The van der Waals surface area contributed by atoms with Crippen LogP contribution in [-0.4, -0.2) is 63.1 Å². The Morgan fingerprint density at radius 1 is 1.36 bits per heavy atom. The Morgan fingerprint density at radius 2 is 2.18 bits per heavy atom. The summed E-state index contributed by atoms with van der Waals surface area (Å²) >= 11 is 2.41. The monoisotopic (exact) mass is 632 g/mol. The molecule has 1 fully saturated rings. The lowest BCUT2D eigenvalue weighted by Crippen LogP contribution is -2.71. The van der Waals surface area contributed by atoms with Crippen LogP contribution in [0, 0.1) is 11.5 Å². The number of carbonyl (C=O) groups is 4. The van der Waals surface area contributed by atoms with E-state index in [9.17, 15) is 24.3 Å². The van der Waals surface area contributed by atoms with Gasteiger partial charge in [-0.25, -0.2) is 4.98 Å². The van der Waals surface area contributed by atoms with Crippen LogP contribution in [0.4, 0.5) is 5.13 Å². The molecule has 2 aliphatic heterocycles. The number of benzene rings is 1. The van der Waals surface area contributed by atoms with Crippen molar-refractivity contribution in [2.24, 2.45) is 5.16 Å². The van der Waals surface area contributed by atoms with Crippen molar-refractivity contribution in [3.8, 4) is 6.19 Å². The van der Waals surface area contributed by atoms with Gasteiger partial charge in [-0.05, 0) is 36.8 Å². The lowest BCUT2D eigenvalue weighted by atomic mass is 10.0. The first-order valence-corrected chi connectivity index (χ1v) is 15.1. The molecule has 0 spiro atoms. The Labute approximate surface area is 258 Å². The van der Waals surface area contributed by atoms with Crippen molar-refractivity contribution in [1.82, 2.24) is 20.5 Å². The number of anilines is 1. The molecule has 44 heavy (non-hydrogen) atoms. The molecule has 2 aromatic heterocycles. The number of fused-ring (bicyclic) bond motifs is 2. The Kier molecular flexibility index (Phi) is 8.88. The molecule has 4 N–H and O–H groups in total. The average Bonchev–Trinajstić information content (AvgIpc) is 3.45. The molecule has 1 aromatic carbocycles. The topological polar surface area (TPSA) is 207 Å². The van der Waals surface area contributed by atoms with Gasteiger partial charge in [0.1, 0.15) is 23.7 Å². The molecule has 5 rings (SSSR count). The van der Waals surface area contributed by atoms with E-state index in [1.807, 2.05) is 16.8 Å². The first-order valence-electron chi connectivity index (χ1n) is 13.1. The number of carbonyl (C=O) groups excluding carboxylic acids is 4. The third-order valence-corrected chi connectivity index (χ3v) is 8.65. The molecular weight excluding hydrogens is 608 g/mol. The van der Waals surface area contributed by atoms with E-state index < -0.39 is 35.1 Å². The van der Waals surface area contributed by atoms with Gasteiger partial charge >= 0.3 is 0 Å². The predicted octanol–water partition coefficient (Wildman–Crippen LogP) is -0.222. The summed E-state index contributed by atoms with van der Waals surface area (Å²) in [7, 11) is 0. The number of pyridine rings is 1. The first kappa shape index (κ1) is 30.2. The summed E-state index contributed by atoms with van der Waals surface area (Å²) in [6.45, 7) is 2.25. The molecule has 0 saturated carbocycles. The van der Waals surface area contributed by atoms with Gasteiger partial charge in [-0.2, -0.15) is 9.83 Å². The number of nitrogens with zero attached hydrogens (tertiary/aromatic N) is 5. The van der Waals surface area contributed by atoms with E-state index in [4.69, 9.17) is 15.8 Å². The number of oxime groups is 1. The molecule has 0 unspecified atom stereocenters. The molecule has 14 nitrogen and oxygen atoms in total. The van der Waals surface area contributed by atoms with Gasteiger partial charge in [0.05, 0.1) is 11.7 Å². The maximum atomic E-state index is 13.1. The molecule has 2 atom stereocenters. The van der Waals surface area contributed by atoms with Crippen LogP contribution in [-0.2, 0) is 25.8 Å². The first-order chi connectivity index (χ1) is 21.2. The van der Waals surface area contributed by atoms with Crippen molar-refractivity contribution >= 4 is 68.5 Å². The number of β-lactam (4-membered cyclic amide) rings is 1. The number of nitrogens with two attached hydrogens (primary N) is 1. The minimum atomic E-state index is -1.51. The van der Waals surface area contributed by atoms with Crippen LogP contribution in [0.2, 0.25) is 0 Å². The molecule has 3 amide bonds. The fourth-order valence-electron chi connectivity index (χ4n) is 4.71. The molecule has 2 aliphatic rings. The number of aliphatic carboxylic acids is 1. The van der Waals surface area contributed by atoms with Crippen LogP contribution >= 0.6 is 23.1 Å². The fraction of sp³-hybridized carbons (Fsp3) is 0.214. The van der Waals surface area contributed by atoms with Gasteiger partial charge in [0, 0.05) is 34.2 Å². The fourth-order valence-corrected chi connectivity index (χ4v) is 6.58. The van der Waals surface area contributed by atoms with E-state index in [-0.39, 0.29) is 34.6 Å². The normalized spacial score (nSPS) is 18.0. The van der Waals surface area contributed by atoms with E-state index in [1.165, 1.54) is 17.1 Å². The van der Waals surface area contributed by atoms with Gasteiger partial charge in [0.15, 0.2) is 29.8 Å². The molecule has 224 valence electrons. The minimum absolute atomic E-state index is 0.154. The van der Waals surface area contributed by atoms with Crippen molar-refractivity contribution in [3.05, 3.63) is 76.6 Å². The molecule has 16 heteroatoms. The number of nitrogens with one attached hydrogen (secondary N) is 2. The van der Waals surface area contributed by atoms with E-state index in [0.717, 1.165) is 27.1 Å². The van der Waals surface area contributed by atoms with Crippen molar-refractivity contribution < 1.29 is 33.7 Å². The maximum absolute atomic E-state index is 13.1. The van der Waals surface area contributed by atoms with E-state index in [1.54, 1.807) is 49.5 Å². The highest BCUT2D eigenvalue weighted by Crippen LogP contribution is 2.40. The summed E-state index contributed by atoms with van der Waals surface area (Å²) in [6, 6.07) is 7.66. The number of aromatic nitrogens is 2. The summed E-state index contributed by atoms with van der Waals surface area (Å²) in [5.41, 5.74) is 7.00. The van der Waals surface area contributed by atoms with Gasteiger partial charge in [-0.1, -0.05) is 11.2 Å². The third-order valence-electron chi connectivity index (χ3n) is 6.67. The number of allylic oxidation sites excluding steroid dienone is 2. The number of thioether (sulfide) groups is 1. The van der Waals surface area contributed by atoms with Gasteiger partial charge < -0.3 is 25.8 Å². The molecular formula is C28H24N8O6S2. The van der Waals surface area contributed by atoms with Crippen LogP contribution in [0.1, 0.15) is 23.0 Å². The second kappa shape index (κ2) is 12.9.